The Bertz CT molecular complexity index is 218. The molecule has 0 bridgehead atoms. The summed E-state index contributed by atoms with van der Waals surface area (Å²) in [4.78, 5) is 0. The smallest absolute Gasteiger partial charge is 0.305 e. The van der Waals surface area contributed by atoms with Crippen molar-refractivity contribution >= 4 is 11.6 Å². The van der Waals surface area contributed by atoms with E-state index in [9.17, 15) is 5.11 Å². The summed E-state index contributed by atoms with van der Waals surface area (Å²) in [5.41, 5.74) is 0. The Hall–Kier alpha value is 0.01000. The molecule has 1 fully saturated rings. The number of hydrogen-bond donors (Lipinski definition) is 6. The molecular formula is C6H11ClO7. The van der Waals surface area contributed by atoms with Gasteiger partial charge in [0.05, 0.1) is 6.61 Å². The Morgan fingerprint density at radius 1 is 1.21 bits per heavy atom. The lowest BCUT2D eigenvalue weighted by molar-refractivity contribution is -0.415. The highest BCUT2D eigenvalue weighted by atomic mass is 35.5. The molecule has 7 nitrogen and oxygen atoms in total. The van der Waals surface area contributed by atoms with Crippen molar-refractivity contribution in [2.75, 3.05) is 6.61 Å². The number of alkyl halides is 1. The van der Waals surface area contributed by atoms with Crippen molar-refractivity contribution < 1.29 is 35.4 Å². The summed E-state index contributed by atoms with van der Waals surface area (Å²) in [7, 11) is 0. The number of rotatable bonds is 1. The van der Waals surface area contributed by atoms with Gasteiger partial charge in [0.15, 0.2) is 0 Å². The lowest BCUT2D eigenvalue weighted by Gasteiger charge is -2.46. The maximum absolute atomic E-state index is 9.18. The first kappa shape index (κ1) is 12.1. The Morgan fingerprint density at radius 2 is 1.71 bits per heavy atom. The summed E-state index contributed by atoms with van der Waals surface area (Å²) in [5.74, 6) is -3.22. The van der Waals surface area contributed by atoms with E-state index in [4.69, 9.17) is 37.1 Å². The maximum atomic E-state index is 9.18. The molecule has 0 radical (unpaired) electrons. The number of ether oxygens (including phenoxy) is 1. The molecule has 1 rings (SSSR count). The molecule has 0 aliphatic carbocycles. The average molecular weight is 231 g/mol. The Kier molecular flexibility index (Phi) is 3.06. The van der Waals surface area contributed by atoms with Crippen molar-refractivity contribution in [2.45, 2.75) is 29.3 Å². The fraction of sp³-hybridized carbons (Fsp3) is 1.00. The minimum Gasteiger partial charge on any atom is -0.394 e. The molecule has 0 aromatic rings. The van der Waals surface area contributed by atoms with E-state index in [2.05, 4.69) is 4.74 Å². The predicted molar refractivity (Wildman–Crippen MR) is 41.9 cm³/mol. The summed E-state index contributed by atoms with van der Waals surface area (Å²) in [5, 5.41) is 51.4. The van der Waals surface area contributed by atoms with Gasteiger partial charge >= 0.3 is 5.25 Å². The highest BCUT2D eigenvalue weighted by Gasteiger charge is 2.62. The van der Waals surface area contributed by atoms with Crippen LogP contribution in [0, 0.1) is 0 Å². The normalized spacial score (nSPS) is 47.8. The molecule has 6 N–H and O–H groups in total. The van der Waals surface area contributed by atoms with Crippen molar-refractivity contribution in [1.82, 2.24) is 0 Å². The molecule has 1 unspecified atom stereocenters. The van der Waals surface area contributed by atoms with E-state index in [1.54, 1.807) is 0 Å². The molecule has 1 aliphatic rings. The molecule has 0 aromatic carbocycles. The van der Waals surface area contributed by atoms with Crippen LogP contribution in [-0.2, 0) is 4.74 Å². The standard InChI is InChI=1S/C6H11ClO7/c7-6(13)5(11,12)4(10)3(9)2(1-8)14-6/h2-4,8-13H,1H2/t2-,3-,4+,6?/m1/s1. The van der Waals surface area contributed by atoms with E-state index in [1.165, 1.54) is 0 Å². The molecular weight excluding hydrogens is 220 g/mol. The van der Waals surface area contributed by atoms with E-state index in [1.807, 2.05) is 0 Å². The Labute approximate surface area is 83.7 Å². The van der Waals surface area contributed by atoms with E-state index in [0.717, 1.165) is 0 Å². The van der Waals surface area contributed by atoms with Crippen molar-refractivity contribution in [3.05, 3.63) is 0 Å². The lowest BCUT2D eigenvalue weighted by atomic mass is 9.96. The molecule has 84 valence electrons. The van der Waals surface area contributed by atoms with Crippen LogP contribution in [0.3, 0.4) is 0 Å². The number of halogens is 1. The van der Waals surface area contributed by atoms with Crippen LogP contribution in [-0.4, -0.2) is 66.6 Å². The largest absolute Gasteiger partial charge is 0.394 e. The topological polar surface area (TPSA) is 131 Å². The fourth-order valence-corrected chi connectivity index (χ4v) is 1.35. The second-order valence-electron chi connectivity index (χ2n) is 3.06. The van der Waals surface area contributed by atoms with Gasteiger partial charge in [0.2, 0.25) is 0 Å². The van der Waals surface area contributed by atoms with Gasteiger partial charge in [0.1, 0.15) is 18.3 Å². The van der Waals surface area contributed by atoms with Gasteiger partial charge < -0.3 is 35.4 Å². The van der Waals surface area contributed by atoms with Crippen LogP contribution in [0.15, 0.2) is 0 Å². The Balaban J connectivity index is 2.95. The highest BCUT2D eigenvalue weighted by molar-refractivity contribution is 6.22. The number of aliphatic hydroxyl groups excluding tert-OH is 3. The van der Waals surface area contributed by atoms with Gasteiger partial charge in [-0.05, 0) is 0 Å². The molecule has 1 aliphatic heterocycles. The van der Waals surface area contributed by atoms with Crippen LogP contribution in [0.1, 0.15) is 0 Å². The molecule has 8 heteroatoms. The minimum atomic E-state index is -3.22. The maximum Gasteiger partial charge on any atom is 0.305 e. The summed E-state index contributed by atoms with van der Waals surface area (Å²) < 4.78 is 4.38. The van der Waals surface area contributed by atoms with E-state index in [0.29, 0.717) is 0 Å². The summed E-state index contributed by atoms with van der Waals surface area (Å²) in [6, 6.07) is 0. The molecule has 1 saturated heterocycles. The first-order valence-corrected chi connectivity index (χ1v) is 4.12. The van der Waals surface area contributed by atoms with Crippen LogP contribution in [0.4, 0.5) is 0 Å². The summed E-state index contributed by atoms with van der Waals surface area (Å²) in [6.07, 6.45) is -5.33. The zero-order valence-corrected chi connectivity index (χ0v) is 7.66. The first-order valence-electron chi connectivity index (χ1n) is 3.75. The summed E-state index contributed by atoms with van der Waals surface area (Å²) >= 11 is 5.15. The van der Waals surface area contributed by atoms with Crippen molar-refractivity contribution in [3.63, 3.8) is 0 Å². The van der Waals surface area contributed by atoms with Gasteiger partial charge in [-0.15, -0.1) is 0 Å². The zero-order chi connectivity index (χ0) is 11.1. The van der Waals surface area contributed by atoms with Gasteiger partial charge in [0, 0.05) is 0 Å². The molecule has 0 spiro atoms. The second-order valence-corrected chi connectivity index (χ2v) is 3.57. The minimum absolute atomic E-state index is 0.747. The zero-order valence-electron chi connectivity index (χ0n) is 6.91. The monoisotopic (exact) mass is 230 g/mol. The predicted octanol–water partition coefficient (Wildman–Crippen LogP) is -3.33. The molecule has 4 atom stereocenters. The number of hydrogen-bond acceptors (Lipinski definition) is 7. The third-order valence-electron chi connectivity index (χ3n) is 2.06. The van der Waals surface area contributed by atoms with Gasteiger partial charge in [-0.2, -0.15) is 0 Å². The molecule has 0 amide bonds. The van der Waals surface area contributed by atoms with Crippen LogP contribution in [0.2, 0.25) is 0 Å². The van der Waals surface area contributed by atoms with Gasteiger partial charge in [-0.3, -0.25) is 0 Å². The van der Waals surface area contributed by atoms with E-state index in [-0.39, 0.29) is 0 Å². The average Bonchev–Trinajstić information content (AvgIpc) is 2.09. The van der Waals surface area contributed by atoms with Crippen molar-refractivity contribution in [2.24, 2.45) is 0 Å². The van der Waals surface area contributed by atoms with E-state index < -0.39 is 36.0 Å². The van der Waals surface area contributed by atoms with Gasteiger partial charge in [-0.1, -0.05) is 11.6 Å². The molecule has 1 heterocycles. The highest BCUT2D eigenvalue weighted by Crippen LogP contribution is 2.37. The fourth-order valence-electron chi connectivity index (χ4n) is 1.13. The van der Waals surface area contributed by atoms with Crippen LogP contribution < -0.4 is 0 Å². The molecule has 0 aromatic heterocycles. The van der Waals surface area contributed by atoms with Crippen LogP contribution >= 0.6 is 11.6 Å². The van der Waals surface area contributed by atoms with Crippen LogP contribution in [0.25, 0.3) is 0 Å². The molecule has 14 heavy (non-hydrogen) atoms. The van der Waals surface area contributed by atoms with Crippen molar-refractivity contribution in [3.8, 4) is 0 Å². The third-order valence-corrected chi connectivity index (χ3v) is 2.43. The Morgan fingerprint density at radius 3 is 2.14 bits per heavy atom. The summed E-state index contributed by atoms with van der Waals surface area (Å²) in [6.45, 7) is -0.747. The molecule has 0 saturated carbocycles. The van der Waals surface area contributed by atoms with Crippen molar-refractivity contribution in [1.29, 1.82) is 0 Å². The van der Waals surface area contributed by atoms with Gasteiger partial charge in [-0.25, -0.2) is 0 Å². The first-order chi connectivity index (χ1) is 6.24. The number of aliphatic hydroxyl groups is 6. The van der Waals surface area contributed by atoms with Crippen LogP contribution in [0.5, 0.6) is 0 Å². The third kappa shape index (κ3) is 1.62. The lowest BCUT2D eigenvalue weighted by Crippen LogP contribution is -2.71. The SMILES string of the molecule is OC[C@H]1OC(O)(Cl)C(O)(O)[C@@H](O)[C@@H]1O. The van der Waals surface area contributed by atoms with E-state index >= 15 is 0 Å². The second kappa shape index (κ2) is 3.54. The van der Waals surface area contributed by atoms with Gasteiger partial charge in [0.25, 0.3) is 5.79 Å². The quantitative estimate of drug-likeness (QED) is 0.205.